The van der Waals surface area contributed by atoms with E-state index >= 15 is 0 Å². The molecule has 2 aromatic rings. The van der Waals surface area contributed by atoms with Crippen LogP contribution in [0.4, 0.5) is 0 Å². The molecule has 0 atom stereocenters. The number of methoxy groups -OCH3 is 1. The second-order valence-electron chi connectivity index (χ2n) is 4.89. The van der Waals surface area contributed by atoms with Gasteiger partial charge in [0.15, 0.2) is 11.5 Å². The number of carbonyl (C=O) groups excluding carboxylic acids is 2. The summed E-state index contributed by atoms with van der Waals surface area (Å²) in [6, 6.07) is 9.36. The Morgan fingerprint density at radius 2 is 1.64 bits per heavy atom. The maximum absolute atomic E-state index is 12.2. The van der Waals surface area contributed by atoms with Crippen molar-refractivity contribution in [3.63, 3.8) is 0 Å². The summed E-state index contributed by atoms with van der Waals surface area (Å²) in [5.41, 5.74) is 1.93. The van der Waals surface area contributed by atoms with Crippen molar-refractivity contribution in [3.8, 4) is 11.5 Å². The zero-order valence-corrected chi connectivity index (χ0v) is 12.5. The zero-order valence-electron chi connectivity index (χ0n) is 12.5. The van der Waals surface area contributed by atoms with E-state index in [-0.39, 0.29) is 22.6 Å². The first-order chi connectivity index (χ1) is 10.4. The lowest BCUT2D eigenvalue weighted by Gasteiger charge is -2.10. The first-order valence-corrected chi connectivity index (χ1v) is 6.63. The second kappa shape index (κ2) is 6.30. The molecule has 0 heterocycles. The van der Waals surface area contributed by atoms with Crippen LogP contribution in [0.25, 0.3) is 0 Å². The van der Waals surface area contributed by atoms with Crippen LogP contribution in [0.3, 0.4) is 0 Å². The molecule has 0 aromatic heterocycles. The highest BCUT2D eigenvalue weighted by molar-refractivity contribution is 5.96. The number of carbonyl (C=O) groups is 2. The summed E-state index contributed by atoms with van der Waals surface area (Å²) in [6.07, 6.45) is 0. The number of esters is 2. The van der Waals surface area contributed by atoms with Gasteiger partial charge < -0.3 is 14.6 Å². The van der Waals surface area contributed by atoms with E-state index in [9.17, 15) is 14.7 Å². The zero-order chi connectivity index (χ0) is 16.3. The normalized spacial score (nSPS) is 10.1. The van der Waals surface area contributed by atoms with E-state index in [2.05, 4.69) is 4.74 Å². The van der Waals surface area contributed by atoms with Crippen molar-refractivity contribution in [2.45, 2.75) is 13.8 Å². The van der Waals surface area contributed by atoms with Gasteiger partial charge in [0.05, 0.1) is 18.2 Å². The first kappa shape index (κ1) is 15.6. The molecule has 5 nitrogen and oxygen atoms in total. The number of ether oxygens (including phenoxy) is 2. The summed E-state index contributed by atoms with van der Waals surface area (Å²) in [7, 11) is 1.26. The number of phenolic OH excluding ortho intramolecular Hbond substituents is 1. The topological polar surface area (TPSA) is 72.8 Å². The van der Waals surface area contributed by atoms with Gasteiger partial charge in [-0.25, -0.2) is 9.59 Å². The summed E-state index contributed by atoms with van der Waals surface area (Å²) in [4.78, 5) is 23.6. The number of phenols is 1. The fraction of sp³-hybridized carbons (Fsp3) is 0.176. The maximum Gasteiger partial charge on any atom is 0.343 e. The quantitative estimate of drug-likeness (QED) is 0.697. The van der Waals surface area contributed by atoms with E-state index in [1.54, 1.807) is 25.1 Å². The van der Waals surface area contributed by atoms with Crippen LogP contribution in [0.15, 0.2) is 36.4 Å². The van der Waals surface area contributed by atoms with Crippen LogP contribution in [-0.4, -0.2) is 24.2 Å². The monoisotopic (exact) mass is 300 g/mol. The van der Waals surface area contributed by atoms with Crippen LogP contribution in [0.1, 0.15) is 31.8 Å². The van der Waals surface area contributed by atoms with E-state index in [0.29, 0.717) is 5.56 Å². The summed E-state index contributed by atoms with van der Waals surface area (Å²) in [5, 5.41) is 9.95. The molecular weight excluding hydrogens is 284 g/mol. The lowest BCUT2D eigenvalue weighted by Crippen LogP contribution is -2.10. The molecule has 114 valence electrons. The summed E-state index contributed by atoms with van der Waals surface area (Å²) in [6.45, 7) is 3.55. The lowest BCUT2D eigenvalue weighted by molar-refractivity contribution is 0.0600. The van der Waals surface area contributed by atoms with Crippen molar-refractivity contribution >= 4 is 11.9 Å². The third-order valence-corrected chi connectivity index (χ3v) is 3.13. The number of aryl methyl sites for hydroxylation is 2. The largest absolute Gasteiger partial charge is 0.504 e. The molecule has 2 aromatic carbocycles. The van der Waals surface area contributed by atoms with Crippen molar-refractivity contribution in [1.82, 2.24) is 0 Å². The highest BCUT2D eigenvalue weighted by Gasteiger charge is 2.15. The minimum absolute atomic E-state index is 0.0805. The number of hydrogen-bond acceptors (Lipinski definition) is 5. The van der Waals surface area contributed by atoms with E-state index < -0.39 is 11.9 Å². The van der Waals surface area contributed by atoms with Gasteiger partial charge in [-0.05, 0) is 49.2 Å². The Bertz CT molecular complexity index is 734. The van der Waals surface area contributed by atoms with Gasteiger partial charge in [0.1, 0.15) is 0 Å². The standard InChI is InChI=1S/C17H16O5/c1-10-7-11(2)15(18)14(8-10)22-17(20)13-6-4-5-12(9-13)16(19)21-3/h4-9,18H,1-3H3. The SMILES string of the molecule is COC(=O)c1cccc(C(=O)Oc2cc(C)cc(C)c2O)c1. The molecule has 1 N–H and O–H groups in total. The molecule has 0 amide bonds. The molecular formula is C17H16O5. The van der Waals surface area contributed by atoms with E-state index in [1.165, 1.54) is 25.3 Å². The third-order valence-electron chi connectivity index (χ3n) is 3.13. The fourth-order valence-corrected chi connectivity index (χ4v) is 2.05. The van der Waals surface area contributed by atoms with Gasteiger partial charge in [-0.1, -0.05) is 12.1 Å². The minimum Gasteiger partial charge on any atom is -0.504 e. The lowest BCUT2D eigenvalue weighted by atomic mass is 10.1. The summed E-state index contributed by atoms with van der Waals surface area (Å²) >= 11 is 0. The van der Waals surface area contributed by atoms with Crippen LogP contribution < -0.4 is 4.74 Å². The first-order valence-electron chi connectivity index (χ1n) is 6.63. The third kappa shape index (κ3) is 3.25. The molecule has 0 spiro atoms. The molecule has 0 unspecified atom stereocenters. The molecule has 0 radical (unpaired) electrons. The molecule has 0 aliphatic rings. The predicted octanol–water partition coefficient (Wildman–Crippen LogP) is 3.01. The highest BCUT2D eigenvalue weighted by Crippen LogP contribution is 2.31. The Kier molecular flexibility index (Phi) is 4.46. The summed E-state index contributed by atoms with van der Waals surface area (Å²) < 4.78 is 9.83. The van der Waals surface area contributed by atoms with Crippen molar-refractivity contribution < 1.29 is 24.2 Å². The van der Waals surface area contributed by atoms with Gasteiger partial charge in [-0.2, -0.15) is 0 Å². The Labute approximate surface area is 128 Å². The molecule has 0 aliphatic carbocycles. The van der Waals surface area contributed by atoms with E-state index in [0.717, 1.165) is 5.56 Å². The van der Waals surface area contributed by atoms with Crippen LogP contribution in [0.5, 0.6) is 11.5 Å². The van der Waals surface area contributed by atoms with Crippen molar-refractivity contribution in [2.24, 2.45) is 0 Å². The number of rotatable bonds is 3. The second-order valence-corrected chi connectivity index (χ2v) is 4.89. The molecule has 2 rings (SSSR count). The van der Waals surface area contributed by atoms with Gasteiger partial charge in [0.25, 0.3) is 0 Å². The van der Waals surface area contributed by atoms with Crippen LogP contribution >= 0.6 is 0 Å². The Hall–Kier alpha value is -2.82. The van der Waals surface area contributed by atoms with Crippen LogP contribution in [0, 0.1) is 13.8 Å². The number of aromatic hydroxyl groups is 1. The van der Waals surface area contributed by atoms with Crippen LogP contribution in [-0.2, 0) is 4.74 Å². The van der Waals surface area contributed by atoms with Gasteiger partial charge in [0, 0.05) is 0 Å². The highest BCUT2D eigenvalue weighted by atomic mass is 16.5. The van der Waals surface area contributed by atoms with Gasteiger partial charge in [-0.3, -0.25) is 0 Å². The van der Waals surface area contributed by atoms with Crippen LogP contribution in [0.2, 0.25) is 0 Å². The van der Waals surface area contributed by atoms with E-state index in [1.807, 2.05) is 6.92 Å². The Morgan fingerprint density at radius 1 is 1.00 bits per heavy atom. The van der Waals surface area contributed by atoms with Crippen molar-refractivity contribution in [2.75, 3.05) is 7.11 Å². The molecule has 0 saturated carbocycles. The van der Waals surface area contributed by atoms with Gasteiger partial charge in [-0.15, -0.1) is 0 Å². The molecule has 0 bridgehead atoms. The molecule has 22 heavy (non-hydrogen) atoms. The Balaban J connectivity index is 2.28. The molecule has 0 fully saturated rings. The molecule has 0 aliphatic heterocycles. The van der Waals surface area contributed by atoms with E-state index in [4.69, 9.17) is 4.74 Å². The number of hydrogen-bond donors (Lipinski definition) is 1. The Morgan fingerprint density at radius 3 is 2.27 bits per heavy atom. The van der Waals surface area contributed by atoms with Gasteiger partial charge >= 0.3 is 11.9 Å². The summed E-state index contributed by atoms with van der Waals surface area (Å²) in [5.74, 6) is -1.19. The average Bonchev–Trinajstić information content (AvgIpc) is 2.51. The number of benzene rings is 2. The average molecular weight is 300 g/mol. The van der Waals surface area contributed by atoms with Gasteiger partial charge in [0.2, 0.25) is 0 Å². The van der Waals surface area contributed by atoms with Crippen molar-refractivity contribution in [3.05, 3.63) is 58.7 Å². The van der Waals surface area contributed by atoms with Crippen molar-refractivity contribution in [1.29, 1.82) is 0 Å². The fourth-order valence-electron chi connectivity index (χ4n) is 2.05. The maximum atomic E-state index is 12.2. The molecule has 0 saturated heterocycles. The predicted molar refractivity (Wildman–Crippen MR) is 80.3 cm³/mol. The minimum atomic E-state index is -0.661. The molecule has 5 heteroatoms. The smallest absolute Gasteiger partial charge is 0.343 e.